The van der Waals surface area contributed by atoms with Gasteiger partial charge in [0.15, 0.2) is 11.6 Å². The molecule has 10 heteroatoms. The highest BCUT2D eigenvalue weighted by atomic mass is 19.1. The molecular weight excluding hydrogens is 431 g/mol. The van der Waals surface area contributed by atoms with Crippen molar-refractivity contribution >= 4 is 11.8 Å². The summed E-state index contributed by atoms with van der Waals surface area (Å²) in [5.41, 5.74) is -0.445. The van der Waals surface area contributed by atoms with Gasteiger partial charge in [0, 0.05) is 44.7 Å². The molecule has 3 rings (SSSR count). The summed E-state index contributed by atoms with van der Waals surface area (Å²) in [6.07, 6.45) is 2.63. The molecule has 33 heavy (non-hydrogen) atoms. The lowest BCUT2D eigenvalue weighted by Gasteiger charge is -2.43. The molecule has 0 saturated carbocycles. The number of pyridine rings is 1. The molecule has 0 unspecified atom stereocenters. The lowest BCUT2D eigenvalue weighted by Crippen LogP contribution is -2.60. The van der Waals surface area contributed by atoms with E-state index in [0.29, 0.717) is 25.2 Å². The summed E-state index contributed by atoms with van der Waals surface area (Å²) in [6, 6.07) is 4.77. The quantitative estimate of drug-likeness (QED) is 0.383. The van der Waals surface area contributed by atoms with Gasteiger partial charge in [-0.05, 0) is 26.8 Å². The highest BCUT2D eigenvalue weighted by Gasteiger charge is 2.33. The third kappa shape index (κ3) is 6.40. The summed E-state index contributed by atoms with van der Waals surface area (Å²) in [5.74, 6) is 5.29. The summed E-state index contributed by atoms with van der Waals surface area (Å²) in [4.78, 5) is 29.9. The number of ether oxygens (including phenoxy) is 2. The smallest absolute Gasteiger partial charge is 0.410 e. The van der Waals surface area contributed by atoms with Crippen LogP contribution in [0.4, 0.5) is 14.9 Å². The van der Waals surface area contributed by atoms with E-state index in [0.717, 1.165) is 6.07 Å². The van der Waals surface area contributed by atoms with Crippen LogP contribution in [-0.4, -0.2) is 64.1 Å². The molecule has 0 bridgehead atoms. The van der Waals surface area contributed by atoms with Crippen molar-refractivity contribution in [1.29, 1.82) is 0 Å². The van der Waals surface area contributed by atoms with Crippen molar-refractivity contribution in [1.82, 2.24) is 14.8 Å². The second kappa shape index (κ2) is 9.83. The van der Waals surface area contributed by atoms with E-state index in [1.54, 1.807) is 18.0 Å². The molecule has 0 radical (unpaired) electrons. The number of benzene rings is 1. The van der Waals surface area contributed by atoms with E-state index in [9.17, 15) is 19.3 Å². The maximum Gasteiger partial charge on any atom is 0.410 e. The Labute approximate surface area is 191 Å². The largest absolute Gasteiger partial charge is 0.453 e. The van der Waals surface area contributed by atoms with Gasteiger partial charge in [-0.25, -0.2) is 9.18 Å². The first kappa shape index (κ1) is 23.9. The minimum Gasteiger partial charge on any atom is -0.453 e. The molecule has 174 valence electrons. The predicted octanol–water partition coefficient (Wildman–Crippen LogP) is 3.82. The Balaban J connectivity index is 1.57. The second-order valence-electron chi connectivity index (χ2n) is 8.59. The van der Waals surface area contributed by atoms with Gasteiger partial charge in [-0.3, -0.25) is 20.0 Å². The minimum atomic E-state index is -0.847. The Morgan fingerprint density at radius 3 is 2.70 bits per heavy atom. The van der Waals surface area contributed by atoms with Crippen molar-refractivity contribution in [2.75, 3.05) is 26.7 Å². The molecule has 2 aromatic rings. The van der Waals surface area contributed by atoms with E-state index in [2.05, 4.69) is 21.7 Å². The number of carbonyl (C=O) groups excluding carboxylic acids is 1. The molecule has 0 atom stereocenters. The van der Waals surface area contributed by atoms with Gasteiger partial charge < -0.3 is 14.4 Å². The van der Waals surface area contributed by atoms with Crippen molar-refractivity contribution in [3.63, 3.8) is 0 Å². The number of likely N-dealkylation sites (N-methyl/N-ethyl adjacent to an activating group) is 1. The van der Waals surface area contributed by atoms with E-state index < -0.39 is 16.3 Å². The van der Waals surface area contributed by atoms with E-state index in [1.807, 2.05) is 20.8 Å². The van der Waals surface area contributed by atoms with Crippen LogP contribution in [0, 0.1) is 27.8 Å². The molecule has 1 amide bonds. The van der Waals surface area contributed by atoms with Crippen molar-refractivity contribution in [2.24, 2.45) is 0 Å². The lowest BCUT2D eigenvalue weighted by molar-refractivity contribution is -0.385. The molecule has 1 aromatic heterocycles. The Morgan fingerprint density at radius 1 is 1.33 bits per heavy atom. The van der Waals surface area contributed by atoms with Crippen LogP contribution < -0.4 is 4.74 Å². The predicted molar refractivity (Wildman–Crippen MR) is 118 cm³/mol. The molecule has 1 aromatic carbocycles. The van der Waals surface area contributed by atoms with Crippen LogP contribution in [0.25, 0.3) is 0 Å². The summed E-state index contributed by atoms with van der Waals surface area (Å²) < 4.78 is 25.1. The Hall–Kier alpha value is -3.71. The van der Waals surface area contributed by atoms with Crippen LogP contribution in [0.5, 0.6) is 11.5 Å². The highest BCUT2D eigenvalue weighted by Crippen LogP contribution is 2.29. The normalized spacial score (nSPS) is 14.0. The number of non-ortho nitro benzene ring substituents is 1. The number of halogens is 1. The molecular formula is C23H25FN4O5. The van der Waals surface area contributed by atoms with Gasteiger partial charge in [-0.15, -0.1) is 0 Å². The first-order chi connectivity index (χ1) is 15.5. The number of hydrogen-bond donors (Lipinski definition) is 0. The van der Waals surface area contributed by atoms with Gasteiger partial charge >= 0.3 is 6.09 Å². The van der Waals surface area contributed by atoms with E-state index >= 15 is 0 Å². The van der Waals surface area contributed by atoms with Gasteiger partial charge in [-0.2, -0.15) is 0 Å². The van der Waals surface area contributed by atoms with Crippen molar-refractivity contribution in [2.45, 2.75) is 32.4 Å². The van der Waals surface area contributed by atoms with E-state index in [4.69, 9.17) is 9.47 Å². The van der Waals surface area contributed by atoms with Gasteiger partial charge in [0.2, 0.25) is 0 Å². The molecule has 1 fully saturated rings. The number of amides is 1. The number of nitro groups is 1. The number of likely N-dealkylation sites (tertiary alicyclic amines) is 1. The zero-order chi connectivity index (χ0) is 24.2. The summed E-state index contributed by atoms with van der Waals surface area (Å²) in [5, 5.41) is 10.8. The minimum absolute atomic E-state index is 0.0593. The molecule has 1 saturated heterocycles. The number of aromatic nitrogens is 1. The standard InChI is InChI=1S/C23H25FN4O5/c1-23(2,3)33-22(29)26(4)18-14-27(15-18)11-5-6-16-13-25-10-9-20(16)32-21-8-7-17(28(30)31)12-19(21)24/h7-10,12-13,18H,11,14-15H2,1-4H3. The topological polar surface area (TPSA) is 98.0 Å². The van der Waals surface area contributed by atoms with Crippen LogP contribution >= 0.6 is 0 Å². The van der Waals surface area contributed by atoms with Crippen LogP contribution in [-0.2, 0) is 4.74 Å². The fraction of sp³-hybridized carbons (Fsp3) is 0.391. The molecule has 0 aliphatic carbocycles. The number of rotatable bonds is 5. The fourth-order valence-corrected chi connectivity index (χ4v) is 3.02. The molecule has 2 heterocycles. The summed E-state index contributed by atoms with van der Waals surface area (Å²) in [6.45, 7) is 7.30. The first-order valence-electron chi connectivity index (χ1n) is 10.3. The van der Waals surface area contributed by atoms with Gasteiger partial charge in [-0.1, -0.05) is 11.8 Å². The highest BCUT2D eigenvalue weighted by molar-refractivity contribution is 5.68. The Bertz CT molecular complexity index is 1100. The van der Waals surface area contributed by atoms with Gasteiger partial charge in [0.05, 0.1) is 29.1 Å². The molecule has 0 spiro atoms. The van der Waals surface area contributed by atoms with Crippen LogP contribution in [0.1, 0.15) is 26.3 Å². The molecule has 1 aliphatic rings. The average molecular weight is 456 g/mol. The first-order valence-corrected chi connectivity index (χ1v) is 10.3. The zero-order valence-corrected chi connectivity index (χ0v) is 18.9. The number of hydrogen-bond acceptors (Lipinski definition) is 7. The SMILES string of the molecule is CN(C(=O)OC(C)(C)C)C1CN(CC#Cc2cnccc2Oc2ccc([N+](=O)[O-])cc2F)C1. The monoisotopic (exact) mass is 456 g/mol. The maximum absolute atomic E-state index is 14.2. The Kier molecular flexibility index (Phi) is 7.13. The fourth-order valence-electron chi connectivity index (χ4n) is 3.02. The molecule has 1 aliphatic heterocycles. The van der Waals surface area contributed by atoms with Crippen molar-refractivity contribution in [3.05, 3.63) is 58.2 Å². The molecule has 9 nitrogen and oxygen atoms in total. The van der Waals surface area contributed by atoms with E-state index in [-0.39, 0.29) is 29.3 Å². The van der Waals surface area contributed by atoms with Crippen molar-refractivity contribution in [3.8, 4) is 23.3 Å². The van der Waals surface area contributed by atoms with Crippen LogP contribution in [0.3, 0.4) is 0 Å². The van der Waals surface area contributed by atoms with Gasteiger partial charge in [0.25, 0.3) is 5.69 Å². The third-order valence-corrected chi connectivity index (χ3v) is 4.82. The number of nitrogens with zero attached hydrogens (tertiary/aromatic N) is 4. The lowest BCUT2D eigenvalue weighted by atomic mass is 10.1. The van der Waals surface area contributed by atoms with Gasteiger partial charge in [0.1, 0.15) is 11.4 Å². The van der Waals surface area contributed by atoms with Crippen LogP contribution in [0.2, 0.25) is 0 Å². The zero-order valence-electron chi connectivity index (χ0n) is 18.9. The Morgan fingerprint density at radius 2 is 2.06 bits per heavy atom. The molecule has 0 N–H and O–H groups in total. The second-order valence-corrected chi connectivity index (χ2v) is 8.59. The number of carbonyl (C=O) groups is 1. The maximum atomic E-state index is 14.2. The van der Waals surface area contributed by atoms with E-state index in [1.165, 1.54) is 24.5 Å². The summed E-state index contributed by atoms with van der Waals surface area (Å²) in [7, 11) is 1.72. The third-order valence-electron chi connectivity index (χ3n) is 4.82. The number of nitro benzene ring substituents is 1. The summed E-state index contributed by atoms with van der Waals surface area (Å²) >= 11 is 0. The average Bonchev–Trinajstić information content (AvgIpc) is 2.70. The van der Waals surface area contributed by atoms with Crippen molar-refractivity contribution < 1.29 is 23.6 Å². The van der Waals surface area contributed by atoms with Crippen LogP contribution in [0.15, 0.2) is 36.7 Å².